The monoisotopic (exact) mass is 660 g/mol. The van der Waals surface area contributed by atoms with Gasteiger partial charge in [-0.3, -0.25) is 0 Å². The fraction of sp³-hybridized carbons (Fsp3) is 0. The second-order valence-electron chi connectivity index (χ2n) is 8.30. The third kappa shape index (κ3) is 8.46. The van der Waals surface area contributed by atoms with Crippen molar-refractivity contribution in [1.29, 1.82) is 0 Å². The van der Waals surface area contributed by atoms with Crippen molar-refractivity contribution in [2.24, 2.45) is 0 Å². The Morgan fingerprint density at radius 1 is 0.316 bits per heavy atom. The number of rotatable bonds is 6. The van der Waals surface area contributed by atoms with E-state index in [1.807, 2.05) is 0 Å². The number of hydrogen-bond donors (Lipinski definition) is 0. The van der Waals surface area contributed by atoms with Crippen molar-refractivity contribution in [3.8, 4) is 0 Å². The van der Waals surface area contributed by atoms with Crippen molar-refractivity contribution >= 4 is 37.1 Å². The molecule has 0 aliphatic heterocycles. The fourth-order valence-corrected chi connectivity index (χ4v) is 8.84. The molecule has 38 heavy (non-hydrogen) atoms. The van der Waals surface area contributed by atoms with Gasteiger partial charge in [-0.05, 0) is 88.4 Å². The van der Waals surface area contributed by atoms with Gasteiger partial charge in [0, 0.05) is 31.7 Å². The molecule has 0 bridgehead atoms. The zero-order valence-electron chi connectivity index (χ0n) is 20.7. The molecule has 190 valence electrons. The Balaban J connectivity index is 0.000000200. The predicted molar refractivity (Wildman–Crippen MR) is 159 cm³/mol. The maximum Gasteiger partial charge on any atom is 2.00 e. The van der Waals surface area contributed by atoms with Gasteiger partial charge in [0.15, 0.2) is 0 Å². The van der Waals surface area contributed by atoms with Gasteiger partial charge >= 0.3 is 17.1 Å². The standard InChI is InChI=1S/2C17H14P.Fe.Pd/c2*1-3-9-15(10-4-1)18(17-13-7-8-14-17)16-11-5-2-6-12-16;;/h2*1-14H;;/q;;+2;. The van der Waals surface area contributed by atoms with Crippen LogP contribution >= 0.6 is 15.8 Å². The Hall–Kier alpha value is -1.08. The molecule has 0 amide bonds. The molecule has 0 saturated heterocycles. The van der Waals surface area contributed by atoms with Crippen molar-refractivity contribution < 1.29 is 37.5 Å². The maximum atomic E-state index is 2.23. The first-order valence-corrected chi connectivity index (χ1v) is 14.8. The van der Waals surface area contributed by atoms with E-state index in [0.29, 0.717) is 0 Å². The predicted octanol–water partition coefficient (Wildman–Crippen LogP) is 6.96. The molecule has 2 saturated carbocycles. The molecule has 0 heterocycles. The second kappa shape index (κ2) is 16.9. The summed E-state index contributed by atoms with van der Waals surface area (Å²) in [7, 11) is -0.818. The second-order valence-corrected chi connectivity index (χ2v) is 12.7. The number of benzene rings is 4. The molecule has 0 unspecified atom stereocenters. The van der Waals surface area contributed by atoms with Crippen LogP contribution in [0.4, 0.5) is 0 Å². The molecular weight excluding hydrogens is 633 g/mol. The van der Waals surface area contributed by atoms with Crippen molar-refractivity contribution in [2.75, 3.05) is 0 Å². The van der Waals surface area contributed by atoms with Gasteiger partial charge in [-0.15, -0.1) is 0 Å². The summed E-state index contributed by atoms with van der Waals surface area (Å²) >= 11 is 0. The van der Waals surface area contributed by atoms with Crippen LogP contribution in [0.15, 0.2) is 121 Å². The minimum atomic E-state index is -0.409. The molecule has 4 aromatic rings. The van der Waals surface area contributed by atoms with E-state index in [1.54, 1.807) is 0 Å². The first-order chi connectivity index (χ1) is 17.9. The van der Waals surface area contributed by atoms with Crippen molar-refractivity contribution in [3.63, 3.8) is 0 Å². The van der Waals surface area contributed by atoms with E-state index in [0.717, 1.165) is 0 Å². The van der Waals surface area contributed by atoms with Crippen LogP contribution in [-0.4, -0.2) is 0 Å². The molecule has 0 nitrogen and oxygen atoms in total. The Labute approximate surface area is 257 Å². The van der Waals surface area contributed by atoms with E-state index in [9.17, 15) is 0 Å². The van der Waals surface area contributed by atoms with Crippen LogP contribution in [0.2, 0.25) is 0 Å². The molecule has 6 rings (SSSR count). The van der Waals surface area contributed by atoms with E-state index >= 15 is 0 Å². The van der Waals surface area contributed by atoms with E-state index in [4.69, 9.17) is 0 Å². The topological polar surface area (TPSA) is 0 Å². The Bertz CT molecular complexity index is 972. The van der Waals surface area contributed by atoms with Crippen molar-refractivity contribution in [1.82, 2.24) is 0 Å². The van der Waals surface area contributed by atoms with Gasteiger partial charge in [0.1, 0.15) is 0 Å². The summed E-state index contributed by atoms with van der Waals surface area (Å²) in [5, 5.41) is 5.63. The molecule has 0 N–H and O–H groups in total. The molecule has 2 aliphatic carbocycles. The SMILES string of the molecule is [CH]1[CH][CH][C](P(c2ccccc2)c2ccccc2)[CH]1.[CH]1[CH][CH][C](P(c2ccccc2)c2ccccc2)[CH]1.[Fe+2].[Pd]. The smallest absolute Gasteiger partial charge is 0.0622 e. The third-order valence-corrected chi connectivity index (χ3v) is 10.8. The normalized spacial score (nSPS) is 15.4. The van der Waals surface area contributed by atoms with Crippen molar-refractivity contribution in [3.05, 3.63) is 184 Å². The summed E-state index contributed by atoms with van der Waals surface area (Å²) in [5.41, 5.74) is 2.84. The number of hydrogen-bond acceptors (Lipinski definition) is 0. The van der Waals surface area contributed by atoms with Crippen LogP contribution < -0.4 is 21.2 Å². The van der Waals surface area contributed by atoms with E-state index in [1.165, 1.54) is 32.5 Å². The average molecular weight is 661 g/mol. The Kier molecular flexibility index (Phi) is 14.0. The van der Waals surface area contributed by atoms with Crippen LogP contribution in [0.25, 0.3) is 0 Å². The van der Waals surface area contributed by atoms with Crippen LogP contribution in [0.3, 0.4) is 0 Å². The Morgan fingerprint density at radius 2 is 0.526 bits per heavy atom. The zero-order valence-corrected chi connectivity index (χ0v) is 25.2. The summed E-state index contributed by atoms with van der Waals surface area (Å²) in [6.07, 6.45) is 17.4. The molecule has 2 aliphatic rings. The molecular formula is C34H28FeP2Pd+2. The zero-order chi connectivity index (χ0) is 24.4. The van der Waals surface area contributed by atoms with Crippen LogP contribution in [0.1, 0.15) is 0 Å². The van der Waals surface area contributed by atoms with Gasteiger partial charge in [-0.25, -0.2) is 0 Å². The van der Waals surface area contributed by atoms with E-state index < -0.39 is 15.8 Å². The minimum absolute atomic E-state index is 0. The quantitative estimate of drug-likeness (QED) is 0.155. The van der Waals surface area contributed by atoms with E-state index in [-0.39, 0.29) is 37.5 Å². The molecule has 0 spiro atoms. The van der Waals surface area contributed by atoms with Gasteiger partial charge in [-0.2, -0.15) is 0 Å². The van der Waals surface area contributed by atoms with Crippen LogP contribution in [0.5, 0.6) is 0 Å². The molecule has 0 aromatic heterocycles. The summed E-state index contributed by atoms with van der Waals surface area (Å²) in [4.78, 5) is 0. The summed E-state index contributed by atoms with van der Waals surface area (Å²) in [6, 6.07) is 43.1. The molecule has 2 fully saturated rings. The minimum Gasteiger partial charge on any atom is -0.0622 e. The molecule has 4 heteroatoms. The molecule has 4 aromatic carbocycles. The van der Waals surface area contributed by atoms with Crippen molar-refractivity contribution in [2.45, 2.75) is 0 Å². The van der Waals surface area contributed by atoms with Gasteiger partial charge in [0.25, 0.3) is 0 Å². The van der Waals surface area contributed by atoms with Gasteiger partial charge in [0.05, 0.1) is 0 Å². The summed E-state index contributed by atoms with van der Waals surface area (Å²) < 4.78 is 0. The first-order valence-electron chi connectivity index (χ1n) is 12.1. The van der Waals surface area contributed by atoms with Gasteiger partial charge in [-0.1, -0.05) is 121 Å². The first kappa shape index (κ1) is 31.4. The fourth-order valence-electron chi connectivity index (χ4n) is 4.23. The van der Waals surface area contributed by atoms with Crippen LogP contribution in [0, 0.1) is 62.7 Å². The molecule has 0 atom stereocenters. The molecule has 10 radical (unpaired) electrons. The Morgan fingerprint density at radius 3 is 0.737 bits per heavy atom. The largest absolute Gasteiger partial charge is 2.00 e. The summed E-state index contributed by atoms with van der Waals surface area (Å²) in [5.74, 6) is 0. The van der Waals surface area contributed by atoms with E-state index in [2.05, 4.69) is 173 Å². The van der Waals surface area contributed by atoms with Crippen LogP contribution in [-0.2, 0) is 37.5 Å². The maximum absolute atomic E-state index is 2.23. The average Bonchev–Trinajstić information content (AvgIpc) is 3.68. The van der Waals surface area contributed by atoms with Gasteiger partial charge in [0.2, 0.25) is 0 Å². The van der Waals surface area contributed by atoms with Gasteiger partial charge < -0.3 is 0 Å². The summed E-state index contributed by atoms with van der Waals surface area (Å²) in [6.45, 7) is 0. The third-order valence-electron chi connectivity index (χ3n) is 5.86.